The van der Waals surface area contributed by atoms with Crippen LogP contribution in [0.4, 0.5) is 0 Å². The molecular formula is C16H14O3. The highest BCUT2D eigenvalue weighted by Gasteiger charge is 2.14. The molecule has 0 saturated carbocycles. The Morgan fingerprint density at radius 1 is 1.26 bits per heavy atom. The third-order valence-electron chi connectivity index (χ3n) is 2.82. The van der Waals surface area contributed by atoms with Crippen LogP contribution < -0.4 is 0 Å². The van der Waals surface area contributed by atoms with Crippen molar-refractivity contribution in [2.75, 3.05) is 6.61 Å². The highest BCUT2D eigenvalue weighted by molar-refractivity contribution is 6.01. The Labute approximate surface area is 111 Å². The molecule has 19 heavy (non-hydrogen) atoms. The molecule has 0 atom stereocenters. The summed E-state index contributed by atoms with van der Waals surface area (Å²) < 4.78 is 5.07. The number of hydrogen-bond donors (Lipinski definition) is 1. The lowest BCUT2D eigenvalue weighted by atomic mass is 10.1. The molecule has 0 aliphatic heterocycles. The van der Waals surface area contributed by atoms with Crippen molar-refractivity contribution in [2.24, 2.45) is 0 Å². The quantitative estimate of drug-likeness (QED) is 0.518. The van der Waals surface area contributed by atoms with Crippen LogP contribution in [0.5, 0.6) is 5.75 Å². The van der Waals surface area contributed by atoms with Crippen molar-refractivity contribution >= 4 is 16.7 Å². The van der Waals surface area contributed by atoms with Gasteiger partial charge in [0.25, 0.3) is 0 Å². The summed E-state index contributed by atoms with van der Waals surface area (Å²) in [7, 11) is 0. The normalized spacial score (nSPS) is 10.1. The lowest BCUT2D eigenvalue weighted by Crippen LogP contribution is -2.06. The second-order valence-electron chi connectivity index (χ2n) is 4.13. The summed E-state index contributed by atoms with van der Waals surface area (Å²) in [6, 6.07) is 10.7. The van der Waals surface area contributed by atoms with Gasteiger partial charge >= 0.3 is 5.97 Å². The number of carbonyl (C=O) groups excluding carboxylic acids is 1. The predicted octanol–water partition coefficient (Wildman–Crippen LogP) is 3.12. The Morgan fingerprint density at radius 2 is 2.05 bits per heavy atom. The van der Waals surface area contributed by atoms with Gasteiger partial charge in [-0.05, 0) is 17.9 Å². The Bertz CT molecular complexity index is 638. The first-order valence-corrected chi connectivity index (χ1v) is 6.05. The van der Waals surface area contributed by atoms with E-state index in [-0.39, 0.29) is 17.9 Å². The predicted molar refractivity (Wildman–Crippen MR) is 74.0 cm³/mol. The zero-order valence-electron chi connectivity index (χ0n) is 10.4. The van der Waals surface area contributed by atoms with Crippen molar-refractivity contribution < 1.29 is 14.6 Å². The fourth-order valence-corrected chi connectivity index (χ4v) is 1.84. The van der Waals surface area contributed by atoms with Crippen molar-refractivity contribution in [3.05, 3.63) is 42.0 Å². The van der Waals surface area contributed by atoms with Gasteiger partial charge in [0.05, 0.1) is 6.61 Å². The van der Waals surface area contributed by atoms with Crippen molar-refractivity contribution in [2.45, 2.75) is 12.8 Å². The number of fused-ring (bicyclic) bond motifs is 1. The number of rotatable bonds is 4. The molecule has 2 rings (SSSR count). The maximum atomic E-state index is 11.8. The summed E-state index contributed by atoms with van der Waals surface area (Å²) in [5.41, 5.74) is 0.180. The van der Waals surface area contributed by atoms with E-state index in [1.165, 1.54) is 0 Å². The minimum absolute atomic E-state index is 0.0416. The van der Waals surface area contributed by atoms with Crippen LogP contribution in [0, 0.1) is 12.3 Å². The minimum atomic E-state index is -0.528. The van der Waals surface area contributed by atoms with Crippen molar-refractivity contribution in [3.8, 4) is 18.1 Å². The van der Waals surface area contributed by atoms with Crippen LogP contribution in [-0.4, -0.2) is 17.7 Å². The van der Waals surface area contributed by atoms with E-state index in [9.17, 15) is 9.90 Å². The van der Waals surface area contributed by atoms with E-state index in [0.29, 0.717) is 18.2 Å². The topological polar surface area (TPSA) is 46.5 Å². The molecule has 0 aromatic heterocycles. The van der Waals surface area contributed by atoms with Crippen LogP contribution >= 0.6 is 0 Å². The van der Waals surface area contributed by atoms with Crippen LogP contribution in [-0.2, 0) is 4.74 Å². The van der Waals surface area contributed by atoms with Gasteiger partial charge in [0.15, 0.2) is 0 Å². The molecule has 0 heterocycles. The summed E-state index contributed by atoms with van der Waals surface area (Å²) in [6.07, 6.45) is 6.30. The third kappa shape index (κ3) is 2.86. The monoisotopic (exact) mass is 254 g/mol. The average molecular weight is 254 g/mol. The Hall–Kier alpha value is -2.47. The minimum Gasteiger partial charge on any atom is -0.506 e. The van der Waals surface area contributed by atoms with Crippen LogP contribution in [0.25, 0.3) is 10.8 Å². The Kier molecular flexibility index (Phi) is 4.04. The molecule has 0 aliphatic carbocycles. The van der Waals surface area contributed by atoms with Gasteiger partial charge < -0.3 is 9.84 Å². The first-order chi connectivity index (χ1) is 9.24. The van der Waals surface area contributed by atoms with Crippen LogP contribution in [0.3, 0.4) is 0 Å². The summed E-state index contributed by atoms with van der Waals surface area (Å²) >= 11 is 0. The van der Waals surface area contributed by atoms with Gasteiger partial charge in [-0.3, -0.25) is 0 Å². The number of phenols is 1. The van der Waals surface area contributed by atoms with E-state index in [2.05, 4.69) is 5.92 Å². The first-order valence-electron chi connectivity index (χ1n) is 6.05. The fourth-order valence-electron chi connectivity index (χ4n) is 1.84. The lowest BCUT2D eigenvalue weighted by molar-refractivity contribution is 0.0499. The number of unbranched alkanes of at least 4 members (excludes halogenated alkanes) is 1. The van der Waals surface area contributed by atoms with Crippen molar-refractivity contribution in [1.82, 2.24) is 0 Å². The van der Waals surface area contributed by atoms with Gasteiger partial charge in [-0.15, -0.1) is 12.3 Å². The Balaban J connectivity index is 2.18. The molecule has 2 aromatic rings. The Morgan fingerprint density at radius 3 is 2.84 bits per heavy atom. The van der Waals surface area contributed by atoms with Gasteiger partial charge in [-0.25, -0.2) is 4.79 Å². The molecule has 0 fully saturated rings. The molecular weight excluding hydrogens is 240 g/mol. The van der Waals surface area contributed by atoms with E-state index in [1.807, 2.05) is 18.2 Å². The van der Waals surface area contributed by atoms with E-state index in [4.69, 9.17) is 11.2 Å². The smallest absolute Gasteiger partial charge is 0.341 e. The summed E-state index contributed by atoms with van der Waals surface area (Å²) in [6.45, 7) is 0.259. The van der Waals surface area contributed by atoms with E-state index in [1.54, 1.807) is 18.2 Å². The van der Waals surface area contributed by atoms with E-state index in [0.717, 1.165) is 5.39 Å². The average Bonchev–Trinajstić information content (AvgIpc) is 2.44. The highest BCUT2D eigenvalue weighted by atomic mass is 16.5. The molecule has 0 bridgehead atoms. The number of hydrogen-bond acceptors (Lipinski definition) is 3. The number of ether oxygens (including phenoxy) is 1. The van der Waals surface area contributed by atoms with Crippen molar-refractivity contribution in [3.63, 3.8) is 0 Å². The summed E-state index contributed by atoms with van der Waals surface area (Å²) in [5, 5.41) is 11.6. The number of terminal acetylenes is 1. The van der Waals surface area contributed by atoms with Crippen LogP contribution in [0.15, 0.2) is 36.4 Å². The maximum absolute atomic E-state index is 11.8. The molecule has 0 aliphatic rings. The van der Waals surface area contributed by atoms with Crippen LogP contribution in [0.2, 0.25) is 0 Å². The van der Waals surface area contributed by atoms with Gasteiger partial charge in [0.1, 0.15) is 11.3 Å². The van der Waals surface area contributed by atoms with Gasteiger partial charge in [-0.1, -0.05) is 30.3 Å². The van der Waals surface area contributed by atoms with Gasteiger partial charge in [0.2, 0.25) is 0 Å². The van der Waals surface area contributed by atoms with Crippen LogP contribution in [0.1, 0.15) is 23.2 Å². The summed E-state index contributed by atoms with van der Waals surface area (Å²) in [4.78, 5) is 11.8. The molecule has 3 nitrogen and oxygen atoms in total. The number of aromatic hydroxyl groups is 1. The van der Waals surface area contributed by atoms with Crippen molar-refractivity contribution in [1.29, 1.82) is 0 Å². The standard InChI is InChI=1S/C16H14O3/c1-2-3-6-11-19-16(18)14-10-9-12-7-4-5-8-13(12)15(14)17/h1,4-5,7-10,17H,3,6,11H2. The SMILES string of the molecule is C#CCCCOC(=O)c1ccc2ccccc2c1O. The molecule has 0 saturated heterocycles. The maximum Gasteiger partial charge on any atom is 0.341 e. The fraction of sp³-hybridized carbons (Fsp3) is 0.188. The van der Waals surface area contributed by atoms with E-state index >= 15 is 0 Å². The molecule has 0 unspecified atom stereocenters. The molecule has 0 spiro atoms. The molecule has 96 valence electrons. The second-order valence-corrected chi connectivity index (χ2v) is 4.13. The number of benzene rings is 2. The lowest BCUT2D eigenvalue weighted by Gasteiger charge is -2.08. The van der Waals surface area contributed by atoms with Gasteiger partial charge in [-0.2, -0.15) is 0 Å². The highest BCUT2D eigenvalue weighted by Crippen LogP contribution is 2.28. The summed E-state index contributed by atoms with van der Waals surface area (Å²) in [5.74, 6) is 1.91. The van der Waals surface area contributed by atoms with E-state index < -0.39 is 5.97 Å². The largest absolute Gasteiger partial charge is 0.506 e. The number of phenolic OH excluding ortho intramolecular Hbond substituents is 1. The zero-order chi connectivity index (χ0) is 13.7. The number of esters is 1. The number of carbonyl (C=O) groups is 1. The molecule has 0 amide bonds. The van der Waals surface area contributed by atoms with Gasteiger partial charge in [0, 0.05) is 11.8 Å². The zero-order valence-corrected chi connectivity index (χ0v) is 10.4. The second kappa shape index (κ2) is 5.92. The third-order valence-corrected chi connectivity index (χ3v) is 2.82. The first kappa shape index (κ1) is 13.0. The molecule has 0 radical (unpaired) electrons. The molecule has 1 N–H and O–H groups in total. The molecule has 2 aromatic carbocycles. The molecule has 3 heteroatoms.